The Morgan fingerprint density at radius 1 is 1.14 bits per heavy atom. The van der Waals surface area contributed by atoms with Gasteiger partial charge in [-0.1, -0.05) is 39.0 Å². The average Bonchev–Trinajstić information content (AvgIpc) is 2.45. The topological polar surface area (TPSA) is 37.4 Å². The predicted octanol–water partition coefficient (Wildman–Crippen LogP) is 3.57. The van der Waals surface area contributed by atoms with Gasteiger partial charge in [0.15, 0.2) is 0 Å². The molecule has 0 unspecified atom stereocenters. The number of nitrogens with zero attached hydrogens (tertiary/aromatic N) is 1. The Bertz CT molecular complexity index is 532. The molecule has 0 saturated heterocycles. The highest BCUT2D eigenvalue weighted by Gasteiger charge is 2.28. The lowest BCUT2D eigenvalue weighted by atomic mass is 9.83. The molecule has 0 aliphatic heterocycles. The van der Waals surface area contributed by atoms with Gasteiger partial charge in [-0.15, -0.1) is 0 Å². The minimum absolute atomic E-state index is 0.0599. The van der Waals surface area contributed by atoms with Crippen molar-refractivity contribution in [3.05, 3.63) is 35.4 Å². The van der Waals surface area contributed by atoms with Crippen LogP contribution < -0.4 is 0 Å². The summed E-state index contributed by atoms with van der Waals surface area (Å²) >= 11 is 0. The Morgan fingerprint density at radius 2 is 1.71 bits per heavy atom. The van der Waals surface area contributed by atoms with E-state index in [1.165, 1.54) is 0 Å². The van der Waals surface area contributed by atoms with E-state index in [0.29, 0.717) is 18.6 Å². The van der Waals surface area contributed by atoms with Crippen LogP contribution in [0, 0.1) is 0 Å². The van der Waals surface area contributed by atoms with Crippen molar-refractivity contribution in [2.75, 3.05) is 7.05 Å². The quantitative estimate of drug-likeness (QED) is 0.834. The minimum Gasteiger partial charge on any atom is -0.339 e. The van der Waals surface area contributed by atoms with Crippen molar-refractivity contribution in [1.82, 2.24) is 4.90 Å². The molecule has 0 N–H and O–H groups in total. The first-order valence-electron chi connectivity index (χ1n) is 7.69. The van der Waals surface area contributed by atoms with Crippen LogP contribution in [0.4, 0.5) is 0 Å². The lowest BCUT2D eigenvalue weighted by molar-refractivity contribution is -0.121. The van der Waals surface area contributed by atoms with Gasteiger partial charge < -0.3 is 4.90 Å². The molecule has 1 amide bonds. The summed E-state index contributed by atoms with van der Waals surface area (Å²) in [6, 6.07) is 8.03. The number of hydrogen-bond acceptors (Lipinski definition) is 2. The molecular formula is C18H25NO2. The van der Waals surface area contributed by atoms with Gasteiger partial charge in [0, 0.05) is 31.5 Å². The van der Waals surface area contributed by atoms with Crippen molar-refractivity contribution in [2.24, 2.45) is 0 Å². The van der Waals surface area contributed by atoms with Gasteiger partial charge in [0.05, 0.1) is 0 Å². The number of amides is 1. The molecule has 21 heavy (non-hydrogen) atoms. The fraction of sp³-hybridized carbons (Fsp3) is 0.556. The van der Waals surface area contributed by atoms with Gasteiger partial charge in [-0.2, -0.15) is 0 Å². The molecule has 1 aromatic rings. The van der Waals surface area contributed by atoms with E-state index in [1.807, 2.05) is 36.2 Å². The van der Waals surface area contributed by atoms with Crippen LogP contribution in [0.15, 0.2) is 24.3 Å². The molecule has 0 heterocycles. The van der Waals surface area contributed by atoms with Crippen LogP contribution in [0.1, 0.15) is 62.4 Å². The highest BCUT2D eigenvalue weighted by atomic mass is 16.2. The zero-order valence-corrected chi connectivity index (χ0v) is 13.5. The molecule has 0 radical (unpaired) electrons. The van der Waals surface area contributed by atoms with E-state index in [1.54, 1.807) is 0 Å². The van der Waals surface area contributed by atoms with Crippen molar-refractivity contribution >= 4 is 11.7 Å². The van der Waals surface area contributed by atoms with E-state index in [-0.39, 0.29) is 17.4 Å². The largest absolute Gasteiger partial charge is 0.339 e. The van der Waals surface area contributed by atoms with Crippen LogP contribution in [-0.4, -0.2) is 29.7 Å². The SMILES string of the molecule is CN(C(=O)c1ccccc1C(C)(C)C)C1CCC(=O)CC1. The van der Waals surface area contributed by atoms with Crippen molar-refractivity contribution < 1.29 is 9.59 Å². The maximum Gasteiger partial charge on any atom is 0.254 e. The van der Waals surface area contributed by atoms with Gasteiger partial charge in [-0.05, 0) is 29.9 Å². The second-order valence-corrected chi connectivity index (χ2v) is 6.98. The number of benzene rings is 1. The van der Waals surface area contributed by atoms with Crippen LogP contribution >= 0.6 is 0 Å². The summed E-state index contributed by atoms with van der Waals surface area (Å²) in [5.74, 6) is 0.391. The zero-order valence-electron chi connectivity index (χ0n) is 13.5. The van der Waals surface area contributed by atoms with Gasteiger partial charge in [0.2, 0.25) is 0 Å². The Kier molecular flexibility index (Phi) is 4.50. The maximum atomic E-state index is 12.8. The normalized spacial score (nSPS) is 16.9. The summed E-state index contributed by atoms with van der Waals surface area (Å²) < 4.78 is 0. The van der Waals surface area contributed by atoms with E-state index in [2.05, 4.69) is 20.8 Å². The molecule has 1 fully saturated rings. The first-order chi connectivity index (χ1) is 9.80. The summed E-state index contributed by atoms with van der Waals surface area (Å²) in [5, 5.41) is 0. The van der Waals surface area contributed by atoms with Crippen molar-refractivity contribution in [3.63, 3.8) is 0 Å². The number of ketones is 1. The van der Waals surface area contributed by atoms with E-state index in [0.717, 1.165) is 24.0 Å². The standard InChI is InChI=1S/C18H25NO2/c1-18(2,3)16-8-6-5-7-15(16)17(21)19(4)13-9-11-14(20)12-10-13/h5-8,13H,9-12H2,1-4H3. The van der Waals surface area contributed by atoms with Gasteiger partial charge >= 0.3 is 0 Å². The van der Waals surface area contributed by atoms with Gasteiger partial charge in [-0.25, -0.2) is 0 Å². The first kappa shape index (κ1) is 15.7. The Hall–Kier alpha value is -1.64. The zero-order chi connectivity index (χ0) is 15.6. The summed E-state index contributed by atoms with van der Waals surface area (Å²) in [6.07, 6.45) is 2.78. The predicted molar refractivity (Wildman–Crippen MR) is 84.5 cm³/mol. The molecule has 3 nitrogen and oxygen atoms in total. The Morgan fingerprint density at radius 3 is 2.29 bits per heavy atom. The third-order valence-corrected chi connectivity index (χ3v) is 4.35. The third-order valence-electron chi connectivity index (χ3n) is 4.35. The maximum absolute atomic E-state index is 12.8. The first-order valence-corrected chi connectivity index (χ1v) is 7.69. The number of carbonyl (C=O) groups excluding carboxylic acids is 2. The van der Waals surface area contributed by atoms with Crippen LogP contribution in [0.3, 0.4) is 0 Å². The minimum atomic E-state index is -0.0599. The number of carbonyl (C=O) groups is 2. The van der Waals surface area contributed by atoms with Crippen molar-refractivity contribution in [1.29, 1.82) is 0 Å². The molecule has 1 saturated carbocycles. The highest BCUT2D eigenvalue weighted by Crippen LogP contribution is 2.28. The number of Topliss-reactive ketones (excluding diaryl/α,β-unsaturated/α-hetero) is 1. The monoisotopic (exact) mass is 287 g/mol. The molecule has 2 rings (SSSR count). The second kappa shape index (κ2) is 6.00. The highest BCUT2D eigenvalue weighted by molar-refractivity contribution is 5.96. The van der Waals surface area contributed by atoms with E-state index in [4.69, 9.17) is 0 Å². The smallest absolute Gasteiger partial charge is 0.254 e. The van der Waals surface area contributed by atoms with E-state index >= 15 is 0 Å². The summed E-state index contributed by atoms with van der Waals surface area (Å²) in [5.41, 5.74) is 1.80. The molecular weight excluding hydrogens is 262 g/mol. The van der Waals surface area contributed by atoms with Crippen LogP contribution in [0.5, 0.6) is 0 Å². The number of hydrogen-bond donors (Lipinski definition) is 0. The van der Waals surface area contributed by atoms with Gasteiger partial charge in [0.1, 0.15) is 5.78 Å². The summed E-state index contributed by atoms with van der Waals surface area (Å²) in [6.45, 7) is 6.37. The van der Waals surface area contributed by atoms with Gasteiger partial charge in [0.25, 0.3) is 5.91 Å². The fourth-order valence-electron chi connectivity index (χ4n) is 2.99. The summed E-state index contributed by atoms with van der Waals surface area (Å²) in [7, 11) is 1.86. The molecule has 1 aromatic carbocycles. The van der Waals surface area contributed by atoms with Gasteiger partial charge in [-0.3, -0.25) is 9.59 Å². The van der Waals surface area contributed by atoms with E-state index < -0.39 is 0 Å². The third kappa shape index (κ3) is 3.52. The Balaban J connectivity index is 2.22. The lowest BCUT2D eigenvalue weighted by Crippen LogP contribution is -2.40. The molecule has 0 spiro atoms. The second-order valence-electron chi connectivity index (χ2n) is 6.98. The molecule has 3 heteroatoms. The van der Waals surface area contributed by atoms with Crippen LogP contribution in [0.2, 0.25) is 0 Å². The molecule has 0 aromatic heterocycles. The lowest BCUT2D eigenvalue weighted by Gasteiger charge is -2.32. The molecule has 1 aliphatic rings. The number of rotatable bonds is 2. The van der Waals surface area contributed by atoms with Crippen molar-refractivity contribution in [2.45, 2.75) is 57.9 Å². The van der Waals surface area contributed by atoms with Crippen LogP contribution in [-0.2, 0) is 10.2 Å². The summed E-state index contributed by atoms with van der Waals surface area (Å²) in [4.78, 5) is 26.0. The van der Waals surface area contributed by atoms with Crippen molar-refractivity contribution in [3.8, 4) is 0 Å². The van der Waals surface area contributed by atoms with Crippen LogP contribution in [0.25, 0.3) is 0 Å². The Labute approximate surface area is 127 Å². The molecule has 0 atom stereocenters. The molecule has 114 valence electrons. The molecule has 0 bridgehead atoms. The average molecular weight is 287 g/mol. The fourth-order valence-corrected chi connectivity index (χ4v) is 2.99. The van der Waals surface area contributed by atoms with E-state index in [9.17, 15) is 9.59 Å². The molecule has 1 aliphatic carbocycles.